The summed E-state index contributed by atoms with van der Waals surface area (Å²) < 4.78 is 40.5. The minimum absolute atomic E-state index is 0.170. The first-order chi connectivity index (χ1) is 15.1. The first-order valence-corrected chi connectivity index (χ1v) is 12.3. The third-order valence-corrected chi connectivity index (χ3v) is 6.26. The molecule has 9 heteroatoms. The molecule has 1 N–H and O–H groups in total. The molecule has 0 fully saturated rings. The largest absolute Gasteiger partial charge is 0.355 e. The molecule has 1 atom stereocenters. The third kappa shape index (κ3) is 6.29. The summed E-state index contributed by atoms with van der Waals surface area (Å²) in [5, 5.41) is 2.66. The fourth-order valence-corrected chi connectivity index (χ4v) is 4.24. The molecule has 0 aliphatic rings. The van der Waals surface area contributed by atoms with Gasteiger partial charge >= 0.3 is 0 Å². The summed E-state index contributed by atoms with van der Waals surface area (Å²) in [4.78, 5) is 27.0. The van der Waals surface area contributed by atoms with Crippen LogP contribution >= 0.6 is 0 Å². The van der Waals surface area contributed by atoms with Crippen LogP contribution in [0.4, 0.5) is 10.1 Å². The summed E-state index contributed by atoms with van der Waals surface area (Å²) in [6.07, 6.45) is 1.60. The van der Waals surface area contributed by atoms with Gasteiger partial charge < -0.3 is 10.2 Å². The molecule has 0 heterocycles. The number of benzene rings is 2. The van der Waals surface area contributed by atoms with Gasteiger partial charge in [-0.15, -0.1) is 0 Å². The molecule has 0 spiro atoms. The Morgan fingerprint density at radius 1 is 1.03 bits per heavy atom. The smallest absolute Gasteiger partial charge is 0.244 e. The van der Waals surface area contributed by atoms with Crippen molar-refractivity contribution in [3.8, 4) is 0 Å². The highest BCUT2D eigenvalue weighted by Gasteiger charge is 2.30. The Balaban J connectivity index is 2.44. The zero-order chi connectivity index (χ0) is 23.9. The number of halogens is 1. The van der Waals surface area contributed by atoms with Crippen LogP contribution in [-0.4, -0.2) is 50.5 Å². The van der Waals surface area contributed by atoms with Crippen molar-refractivity contribution in [2.24, 2.45) is 0 Å². The van der Waals surface area contributed by atoms with Gasteiger partial charge in [0.05, 0.1) is 11.9 Å². The number of carbonyl (C=O) groups is 2. The predicted octanol–water partition coefficient (Wildman–Crippen LogP) is 2.71. The van der Waals surface area contributed by atoms with E-state index in [2.05, 4.69) is 5.32 Å². The van der Waals surface area contributed by atoms with Gasteiger partial charge in [-0.05, 0) is 38.0 Å². The summed E-state index contributed by atoms with van der Waals surface area (Å²) in [6, 6.07) is 12.0. The normalized spacial score (nSPS) is 12.2. The van der Waals surface area contributed by atoms with Crippen LogP contribution in [0.5, 0.6) is 0 Å². The van der Waals surface area contributed by atoms with Gasteiger partial charge in [-0.3, -0.25) is 13.9 Å². The average Bonchev–Trinajstić information content (AvgIpc) is 2.75. The van der Waals surface area contributed by atoms with E-state index in [-0.39, 0.29) is 12.1 Å². The molecule has 1 unspecified atom stereocenters. The van der Waals surface area contributed by atoms with Crippen LogP contribution in [0.25, 0.3) is 0 Å². The maximum atomic E-state index is 14.3. The van der Waals surface area contributed by atoms with E-state index in [1.54, 1.807) is 37.3 Å². The van der Waals surface area contributed by atoms with Gasteiger partial charge in [-0.25, -0.2) is 12.8 Å². The maximum Gasteiger partial charge on any atom is 0.244 e. The molecule has 32 heavy (non-hydrogen) atoms. The molecular weight excluding hydrogens is 433 g/mol. The van der Waals surface area contributed by atoms with Crippen molar-refractivity contribution in [2.75, 3.05) is 23.7 Å². The zero-order valence-electron chi connectivity index (χ0n) is 18.8. The van der Waals surface area contributed by atoms with E-state index >= 15 is 0 Å². The molecule has 0 aliphatic heterocycles. The van der Waals surface area contributed by atoms with Crippen LogP contribution < -0.4 is 9.62 Å². The second-order valence-corrected chi connectivity index (χ2v) is 9.34. The molecule has 0 radical (unpaired) electrons. The number of likely N-dealkylation sites (N-methyl/N-ethyl adjacent to an activating group) is 1. The van der Waals surface area contributed by atoms with Crippen molar-refractivity contribution in [3.63, 3.8) is 0 Å². The highest BCUT2D eigenvalue weighted by Crippen LogP contribution is 2.24. The highest BCUT2D eigenvalue weighted by atomic mass is 32.2. The van der Waals surface area contributed by atoms with Crippen LogP contribution in [0.3, 0.4) is 0 Å². The Morgan fingerprint density at radius 2 is 1.62 bits per heavy atom. The third-order valence-electron chi connectivity index (χ3n) is 5.14. The number of hydrogen-bond acceptors (Lipinski definition) is 4. The number of amides is 2. The van der Waals surface area contributed by atoms with Crippen LogP contribution in [0, 0.1) is 5.82 Å². The lowest BCUT2D eigenvalue weighted by Gasteiger charge is -2.32. The summed E-state index contributed by atoms with van der Waals surface area (Å²) in [6.45, 7) is 4.87. The van der Waals surface area contributed by atoms with Gasteiger partial charge in [-0.1, -0.05) is 43.3 Å². The maximum absolute atomic E-state index is 14.3. The van der Waals surface area contributed by atoms with Crippen LogP contribution in [0.2, 0.25) is 0 Å². The Hall–Kier alpha value is -2.94. The molecule has 0 saturated carbocycles. The molecule has 2 aromatic carbocycles. The second kappa shape index (κ2) is 11.1. The number of nitrogens with one attached hydrogen (secondary N) is 1. The fraction of sp³-hybridized carbons (Fsp3) is 0.391. The van der Waals surface area contributed by atoms with Crippen molar-refractivity contribution in [1.29, 1.82) is 0 Å². The molecule has 2 aromatic rings. The predicted molar refractivity (Wildman–Crippen MR) is 123 cm³/mol. The number of nitrogens with zero attached hydrogens (tertiary/aromatic N) is 2. The number of carbonyl (C=O) groups excluding carboxylic acids is 2. The monoisotopic (exact) mass is 463 g/mol. The van der Waals surface area contributed by atoms with Gasteiger partial charge in [0, 0.05) is 18.7 Å². The Labute approximate surface area is 189 Å². The second-order valence-electron chi connectivity index (χ2n) is 7.44. The Kier molecular flexibility index (Phi) is 8.77. The van der Waals surface area contributed by atoms with Crippen molar-refractivity contribution in [3.05, 3.63) is 65.5 Å². The number of anilines is 1. The fourth-order valence-electron chi connectivity index (χ4n) is 3.36. The van der Waals surface area contributed by atoms with Gasteiger partial charge in [0.25, 0.3) is 0 Å². The van der Waals surface area contributed by atoms with E-state index in [0.29, 0.717) is 18.7 Å². The molecular formula is C23H30FN3O4S. The SMILES string of the molecule is CCNC(=O)C(C)N(Cc1ccccc1F)C(=O)CN(c1ccccc1CC)S(C)(=O)=O. The van der Waals surface area contributed by atoms with E-state index in [0.717, 1.165) is 16.1 Å². The molecule has 0 aliphatic carbocycles. The van der Waals surface area contributed by atoms with Crippen molar-refractivity contribution >= 4 is 27.5 Å². The number of para-hydroxylation sites is 1. The number of rotatable bonds is 10. The van der Waals surface area contributed by atoms with Crippen molar-refractivity contribution in [1.82, 2.24) is 10.2 Å². The Bertz CT molecular complexity index is 1060. The minimum Gasteiger partial charge on any atom is -0.355 e. The lowest BCUT2D eigenvalue weighted by Crippen LogP contribution is -2.51. The average molecular weight is 464 g/mol. The summed E-state index contributed by atoms with van der Waals surface area (Å²) in [5.41, 5.74) is 1.40. The summed E-state index contributed by atoms with van der Waals surface area (Å²) in [5.74, 6) is -1.52. The number of sulfonamides is 1. The molecule has 174 valence electrons. The zero-order valence-corrected chi connectivity index (χ0v) is 19.7. The lowest BCUT2D eigenvalue weighted by molar-refractivity contribution is -0.139. The van der Waals surface area contributed by atoms with E-state index in [9.17, 15) is 22.4 Å². The number of hydrogen-bond donors (Lipinski definition) is 1. The van der Waals surface area contributed by atoms with E-state index in [1.165, 1.54) is 30.0 Å². The van der Waals surface area contributed by atoms with Gasteiger partial charge in [0.15, 0.2) is 0 Å². The summed E-state index contributed by atoms with van der Waals surface area (Å²) in [7, 11) is -3.81. The van der Waals surface area contributed by atoms with Crippen LogP contribution in [0.15, 0.2) is 48.5 Å². The molecule has 2 amide bonds. The van der Waals surface area contributed by atoms with Gasteiger partial charge in [-0.2, -0.15) is 0 Å². The van der Waals surface area contributed by atoms with Gasteiger partial charge in [0.2, 0.25) is 21.8 Å². The molecule has 0 bridgehead atoms. The summed E-state index contributed by atoms with van der Waals surface area (Å²) >= 11 is 0. The number of aryl methyl sites for hydroxylation is 1. The van der Waals surface area contributed by atoms with E-state index in [1.807, 2.05) is 6.92 Å². The molecule has 2 rings (SSSR count). The topological polar surface area (TPSA) is 86.8 Å². The first kappa shape index (κ1) is 25.3. The van der Waals surface area contributed by atoms with Crippen molar-refractivity contribution in [2.45, 2.75) is 39.8 Å². The van der Waals surface area contributed by atoms with E-state index < -0.39 is 40.2 Å². The van der Waals surface area contributed by atoms with Crippen LogP contribution in [-0.2, 0) is 32.6 Å². The lowest BCUT2D eigenvalue weighted by atomic mass is 10.1. The van der Waals surface area contributed by atoms with Crippen molar-refractivity contribution < 1.29 is 22.4 Å². The van der Waals surface area contributed by atoms with E-state index in [4.69, 9.17) is 0 Å². The van der Waals surface area contributed by atoms with Crippen LogP contribution in [0.1, 0.15) is 31.9 Å². The quantitative estimate of drug-likeness (QED) is 0.587. The molecule has 0 aromatic heterocycles. The molecule has 0 saturated heterocycles. The first-order valence-electron chi connectivity index (χ1n) is 10.5. The highest BCUT2D eigenvalue weighted by molar-refractivity contribution is 7.92. The standard InChI is InChI=1S/C23H30FN3O4S/c1-5-18-11-8-10-14-21(18)27(32(4,30)31)16-22(28)26(17(3)23(29)25-6-2)15-19-12-7-9-13-20(19)24/h7-14,17H,5-6,15-16H2,1-4H3,(H,25,29). The Morgan fingerprint density at radius 3 is 2.19 bits per heavy atom. The minimum atomic E-state index is -3.81. The van der Waals surface area contributed by atoms with Gasteiger partial charge in [0.1, 0.15) is 18.4 Å². The molecule has 7 nitrogen and oxygen atoms in total.